The summed E-state index contributed by atoms with van der Waals surface area (Å²) in [6, 6.07) is -0.786. The molecular weight excluding hydrogens is 374 g/mol. The zero-order chi connectivity index (χ0) is 21.3. The van der Waals surface area contributed by atoms with Crippen molar-refractivity contribution in [1.82, 2.24) is 4.90 Å². The molecule has 7 heteroatoms. The molecule has 7 nitrogen and oxygen atoms in total. The maximum Gasteiger partial charge on any atom is 0.236 e. The minimum absolute atomic E-state index is 0.0189. The van der Waals surface area contributed by atoms with E-state index in [2.05, 4.69) is 6.08 Å². The number of amides is 1. The average molecular weight is 408 g/mol. The molecule has 0 radical (unpaired) electrons. The highest BCUT2D eigenvalue weighted by atomic mass is 16.3. The Hall–Kier alpha value is -1.54. The molecule has 1 saturated heterocycles. The molecule has 0 spiro atoms. The summed E-state index contributed by atoms with van der Waals surface area (Å²) in [7, 11) is 1.50. The fraction of sp³-hybridized carbons (Fsp3) is 0.727. The van der Waals surface area contributed by atoms with Crippen molar-refractivity contribution in [3.8, 4) is 0 Å². The number of aliphatic hydroxyl groups is 4. The number of carbonyl (C=O) groups excluding carboxylic acids is 2. The number of nitrogens with zero attached hydrogens (tertiary/aromatic N) is 1. The van der Waals surface area contributed by atoms with Crippen molar-refractivity contribution in [2.75, 3.05) is 26.9 Å². The van der Waals surface area contributed by atoms with Crippen LogP contribution in [0.2, 0.25) is 0 Å². The van der Waals surface area contributed by atoms with Crippen LogP contribution in [-0.4, -0.2) is 76.0 Å². The van der Waals surface area contributed by atoms with Gasteiger partial charge in [-0.3, -0.25) is 9.59 Å². The lowest BCUT2D eigenvalue weighted by molar-refractivity contribution is -0.148. The molecule has 3 unspecified atom stereocenters. The third-order valence-electron chi connectivity index (χ3n) is 7.59. The molecule has 1 heterocycles. The predicted molar refractivity (Wildman–Crippen MR) is 107 cm³/mol. The van der Waals surface area contributed by atoms with Crippen LogP contribution in [0.4, 0.5) is 0 Å². The van der Waals surface area contributed by atoms with Gasteiger partial charge in [0, 0.05) is 25.0 Å². The van der Waals surface area contributed by atoms with Crippen LogP contribution in [0, 0.1) is 35.0 Å². The molecular formula is C22H33NO6. The largest absolute Gasteiger partial charge is 0.396 e. The van der Waals surface area contributed by atoms with Crippen molar-refractivity contribution in [2.24, 2.45) is 35.0 Å². The van der Waals surface area contributed by atoms with Crippen LogP contribution in [-0.2, 0) is 9.59 Å². The van der Waals surface area contributed by atoms with Gasteiger partial charge in [-0.1, -0.05) is 31.2 Å². The maximum absolute atomic E-state index is 13.9. The summed E-state index contributed by atoms with van der Waals surface area (Å²) >= 11 is 0. The van der Waals surface area contributed by atoms with E-state index in [0.717, 1.165) is 19.3 Å². The van der Waals surface area contributed by atoms with E-state index in [1.54, 1.807) is 6.08 Å². The first-order valence-corrected chi connectivity index (χ1v) is 10.5. The van der Waals surface area contributed by atoms with Gasteiger partial charge in [-0.15, -0.1) is 0 Å². The van der Waals surface area contributed by atoms with E-state index in [1.807, 2.05) is 19.1 Å². The van der Waals surface area contributed by atoms with Crippen molar-refractivity contribution >= 4 is 11.7 Å². The van der Waals surface area contributed by atoms with Gasteiger partial charge in [-0.2, -0.15) is 0 Å². The molecule has 3 aliphatic rings. The lowest BCUT2D eigenvalue weighted by Gasteiger charge is -2.50. The molecule has 8 atom stereocenters. The number of hydrogen-bond donors (Lipinski definition) is 4. The summed E-state index contributed by atoms with van der Waals surface area (Å²) in [5.74, 6) is -1.95. The number of Topliss-reactive ketones (excluding diaryl/α,β-unsaturated/α-hetero) is 1. The van der Waals surface area contributed by atoms with E-state index in [1.165, 1.54) is 11.9 Å². The van der Waals surface area contributed by atoms with Crippen molar-refractivity contribution in [3.63, 3.8) is 0 Å². The van der Waals surface area contributed by atoms with Gasteiger partial charge in [-0.05, 0) is 37.0 Å². The topological polar surface area (TPSA) is 118 Å². The molecule has 2 aliphatic carbocycles. The van der Waals surface area contributed by atoms with Crippen LogP contribution in [0.1, 0.15) is 26.2 Å². The van der Waals surface area contributed by atoms with Crippen LogP contribution >= 0.6 is 0 Å². The Morgan fingerprint density at radius 3 is 2.55 bits per heavy atom. The van der Waals surface area contributed by atoms with E-state index < -0.39 is 36.0 Å². The molecule has 29 heavy (non-hydrogen) atoms. The average Bonchev–Trinajstić information content (AvgIpc) is 2.94. The number of rotatable bonds is 6. The zero-order valence-corrected chi connectivity index (χ0v) is 17.1. The lowest BCUT2D eigenvalue weighted by Crippen LogP contribution is -2.53. The normalized spacial score (nSPS) is 42.5. The third-order valence-corrected chi connectivity index (χ3v) is 7.59. The summed E-state index contributed by atoms with van der Waals surface area (Å²) in [5, 5.41) is 39.1. The molecule has 4 N–H and O–H groups in total. The van der Waals surface area contributed by atoms with Crippen LogP contribution in [0.3, 0.4) is 0 Å². The third kappa shape index (κ3) is 3.58. The number of likely N-dealkylation sites (N-methyl/N-ethyl adjacent to an activating group) is 1. The Kier molecular flexibility index (Phi) is 6.63. The first kappa shape index (κ1) is 22.2. The van der Waals surface area contributed by atoms with E-state index in [-0.39, 0.29) is 42.7 Å². The van der Waals surface area contributed by atoms with Gasteiger partial charge >= 0.3 is 0 Å². The minimum atomic E-state index is -1.25. The highest BCUT2D eigenvalue weighted by Crippen LogP contribution is 2.54. The van der Waals surface area contributed by atoms with Gasteiger partial charge in [0.25, 0.3) is 0 Å². The number of hydrogen-bond acceptors (Lipinski definition) is 6. The van der Waals surface area contributed by atoms with Crippen molar-refractivity contribution in [3.05, 3.63) is 24.3 Å². The second-order valence-corrected chi connectivity index (χ2v) is 8.97. The predicted octanol–water partition coefficient (Wildman–Crippen LogP) is 0.131. The Bertz CT molecular complexity index is 691. The minimum Gasteiger partial charge on any atom is -0.396 e. The van der Waals surface area contributed by atoms with Crippen LogP contribution < -0.4 is 0 Å². The summed E-state index contributed by atoms with van der Waals surface area (Å²) < 4.78 is 0. The Morgan fingerprint density at radius 2 is 1.97 bits per heavy atom. The smallest absolute Gasteiger partial charge is 0.236 e. The number of fused-ring (bicyclic) bond motifs is 1. The van der Waals surface area contributed by atoms with Gasteiger partial charge in [0.15, 0.2) is 5.78 Å². The number of likely N-dealkylation sites (tertiary alicyclic amines) is 1. The van der Waals surface area contributed by atoms with Gasteiger partial charge in [0.2, 0.25) is 5.91 Å². The lowest BCUT2D eigenvalue weighted by atomic mass is 9.52. The highest BCUT2D eigenvalue weighted by molar-refractivity contribution is 6.06. The van der Waals surface area contributed by atoms with Gasteiger partial charge < -0.3 is 25.3 Å². The standard InChI is InChI=1S/C22H33NO6/c1-22(20(28)18-19(27)17(12-26)23(2)21(18)29)15(4-3-9-24)7-6-14-10-13(11-25)5-8-16(14)22/h3-4,6-7,13-19,24-27H,5,8-12H2,1-2H3/b4-3-/t13?,14-,15-,16-,17+,18?,19?,22-/m1/s1. The molecule has 1 saturated carbocycles. The zero-order valence-electron chi connectivity index (χ0n) is 17.1. The first-order chi connectivity index (χ1) is 13.8. The number of allylic oxidation sites excluding steroid dienone is 3. The molecule has 2 fully saturated rings. The van der Waals surface area contributed by atoms with Gasteiger partial charge in [0.05, 0.1) is 25.4 Å². The van der Waals surface area contributed by atoms with E-state index >= 15 is 0 Å². The Labute approximate surface area is 171 Å². The fourth-order valence-electron chi connectivity index (χ4n) is 5.76. The molecule has 0 aromatic carbocycles. The SMILES string of the molecule is CN1C(=O)C(C(=O)[C@@]2(C)[C@@H]3CCC(CO)C[C@H]3C=C[C@H]2/C=C\CO)C(O)[C@@H]1CO. The van der Waals surface area contributed by atoms with E-state index in [0.29, 0.717) is 0 Å². The van der Waals surface area contributed by atoms with Crippen molar-refractivity contribution in [2.45, 2.75) is 38.3 Å². The molecule has 0 aromatic heterocycles. The summed E-state index contributed by atoms with van der Waals surface area (Å²) in [6.07, 6.45) is 8.58. The maximum atomic E-state index is 13.9. The van der Waals surface area contributed by atoms with E-state index in [4.69, 9.17) is 0 Å². The molecule has 0 bridgehead atoms. The number of aliphatic hydroxyl groups excluding tert-OH is 4. The summed E-state index contributed by atoms with van der Waals surface area (Å²) in [4.78, 5) is 27.9. The Morgan fingerprint density at radius 1 is 1.24 bits per heavy atom. The summed E-state index contributed by atoms with van der Waals surface area (Å²) in [5.41, 5.74) is -0.919. The second-order valence-electron chi connectivity index (χ2n) is 8.97. The second kappa shape index (κ2) is 8.68. The quantitative estimate of drug-likeness (QED) is 0.367. The highest BCUT2D eigenvalue weighted by Gasteiger charge is 2.58. The monoisotopic (exact) mass is 407 g/mol. The van der Waals surface area contributed by atoms with Crippen molar-refractivity contribution < 1.29 is 30.0 Å². The van der Waals surface area contributed by atoms with Crippen LogP contribution in [0.25, 0.3) is 0 Å². The first-order valence-electron chi connectivity index (χ1n) is 10.5. The van der Waals surface area contributed by atoms with Gasteiger partial charge in [-0.25, -0.2) is 0 Å². The van der Waals surface area contributed by atoms with Gasteiger partial charge in [0.1, 0.15) is 5.92 Å². The van der Waals surface area contributed by atoms with Crippen molar-refractivity contribution in [1.29, 1.82) is 0 Å². The van der Waals surface area contributed by atoms with Crippen LogP contribution in [0.15, 0.2) is 24.3 Å². The summed E-state index contributed by atoms with van der Waals surface area (Å²) in [6.45, 7) is 1.45. The molecule has 1 aliphatic heterocycles. The van der Waals surface area contributed by atoms with Crippen LogP contribution in [0.5, 0.6) is 0 Å². The molecule has 1 amide bonds. The molecule has 3 rings (SSSR count). The Balaban J connectivity index is 2.00. The van der Waals surface area contributed by atoms with E-state index in [9.17, 15) is 30.0 Å². The number of carbonyl (C=O) groups is 2. The molecule has 0 aromatic rings. The number of ketones is 1. The fourth-order valence-corrected chi connectivity index (χ4v) is 5.76. The molecule has 162 valence electrons.